The maximum atomic E-state index is 13.4. The number of aliphatic carboxylic acids is 1. The van der Waals surface area contributed by atoms with Gasteiger partial charge in [0.25, 0.3) is 0 Å². The number of halogens is 3. The summed E-state index contributed by atoms with van der Waals surface area (Å²) in [7, 11) is 0. The fourth-order valence-corrected chi connectivity index (χ4v) is 5.25. The van der Waals surface area contributed by atoms with Gasteiger partial charge in [0, 0.05) is 6.42 Å². The summed E-state index contributed by atoms with van der Waals surface area (Å²) in [6, 6.07) is 8.58. The Kier molecular flexibility index (Phi) is 8.95. The standard InChI is InChI=1S/C26H33F3O5/c27-26(28,29)21-8-5-6-16-10-11-17(14-20(16)21)22(30)13-12-19-18(23(31)15-24(19)32)7-3-1-2-4-9-25(33)34/h5-6,8,10-11,14,18-19,22-24,30-32H,1-4,7,9,12-13,15H2,(H,33,34)/t18?,19?,22?,23-,24+/m0/s1. The van der Waals surface area contributed by atoms with E-state index in [2.05, 4.69) is 0 Å². The zero-order valence-corrected chi connectivity index (χ0v) is 19.0. The number of unbranched alkanes of at least 4 members (excludes halogenated alkanes) is 3. The Labute approximate surface area is 197 Å². The molecule has 1 saturated carbocycles. The molecule has 0 amide bonds. The molecule has 5 nitrogen and oxygen atoms in total. The van der Waals surface area contributed by atoms with Gasteiger partial charge in [0.2, 0.25) is 0 Å². The highest BCUT2D eigenvalue weighted by Crippen LogP contribution is 2.41. The van der Waals surface area contributed by atoms with Gasteiger partial charge in [-0.15, -0.1) is 0 Å². The molecule has 1 aliphatic rings. The molecule has 0 spiro atoms. The van der Waals surface area contributed by atoms with E-state index in [1.54, 1.807) is 18.2 Å². The third-order valence-corrected chi connectivity index (χ3v) is 7.07. The molecule has 0 saturated heterocycles. The van der Waals surface area contributed by atoms with Gasteiger partial charge in [0.1, 0.15) is 0 Å². The van der Waals surface area contributed by atoms with Crippen molar-refractivity contribution in [1.82, 2.24) is 0 Å². The van der Waals surface area contributed by atoms with Crippen molar-refractivity contribution in [3.8, 4) is 0 Å². The number of hydrogen-bond donors (Lipinski definition) is 4. The second kappa shape index (κ2) is 11.5. The Bertz CT molecular complexity index is 961. The molecular weight excluding hydrogens is 449 g/mol. The van der Waals surface area contributed by atoms with E-state index in [0.717, 1.165) is 25.3 Å². The van der Waals surface area contributed by atoms with Crippen molar-refractivity contribution in [2.45, 2.75) is 82.3 Å². The van der Waals surface area contributed by atoms with E-state index in [0.29, 0.717) is 30.2 Å². The zero-order chi connectivity index (χ0) is 24.9. The Morgan fingerprint density at radius 1 is 0.971 bits per heavy atom. The number of carboxylic acids is 1. The SMILES string of the molecule is O=C(O)CCCCCCC1C(CCC(O)c2ccc3cccc(C(F)(F)F)c3c2)[C@H](O)C[C@@H]1O. The number of alkyl halides is 3. The highest BCUT2D eigenvalue weighted by molar-refractivity contribution is 5.87. The van der Waals surface area contributed by atoms with Crippen LogP contribution >= 0.6 is 0 Å². The number of benzene rings is 2. The molecule has 0 aliphatic heterocycles. The Morgan fingerprint density at radius 2 is 1.65 bits per heavy atom. The van der Waals surface area contributed by atoms with Crippen LogP contribution in [0.15, 0.2) is 36.4 Å². The van der Waals surface area contributed by atoms with E-state index >= 15 is 0 Å². The van der Waals surface area contributed by atoms with Gasteiger partial charge in [-0.3, -0.25) is 4.79 Å². The largest absolute Gasteiger partial charge is 0.481 e. The van der Waals surface area contributed by atoms with Gasteiger partial charge in [0.05, 0.1) is 23.9 Å². The molecule has 2 aromatic rings. The number of aliphatic hydroxyl groups excluding tert-OH is 3. The van der Waals surface area contributed by atoms with Gasteiger partial charge in [-0.05, 0) is 72.4 Å². The smallest absolute Gasteiger partial charge is 0.417 e. The summed E-state index contributed by atoms with van der Waals surface area (Å²) in [5, 5.41) is 40.8. The molecule has 4 N–H and O–H groups in total. The Morgan fingerprint density at radius 3 is 2.32 bits per heavy atom. The maximum Gasteiger partial charge on any atom is 0.417 e. The summed E-state index contributed by atoms with van der Waals surface area (Å²) in [6.07, 6.45) is -1.88. The molecule has 3 rings (SSSR count). The predicted octanol–water partition coefficient (Wildman–Crippen LogP) is 5.46. The molecule has 0 aromatic heterocycles. The van der Waals surface area contributed by atoms with Gasteiger partial charge >= 0.3 is 12.1 Å². The lowest BCUT2D eigenvalue weighted by Gasteiger charge is -2.25. The van der Waals surface area contributed by atoms with Crippen molar-refractivity contribution in [1.29, 1.82) is 0 Å². The first-order chi connectivity index (χ1) is 16.1. The van der Waals surface area contributed by atoms with Crippen molar-refractivity contribution < 1.29 is 38.4 Å². The minimum atomic E-state index is -4.49. The van der Waals surface area contributed by atoms with Crippen LogP contribution < -0.4 is 0 Å². The monoisotopic (exact) mass is 482 g/mol. The summed E-state index contributed by atoms with van der Waals surface area (Å²) in [5.74, 6) is -1.13. The minimum Gasteiger partial charge on any atom is -0.481 e. The van der Waals surface area contributed by atoms with Crippen LogP contribution in [-0.2, 0) is 11.0 Å². The fourth-order valence-electron chi connectivity index (χ4n) is 5.25. The van der Waals surface area contributed by atoms with Crippen LogP contribution in [0.5, 0.6) is 0 Å². The van der Waals surface area contributed by atoms with E-state index in [9.17, 15) is 33.3 Å². The second-order valence-electron chi connectivity index (χ2n) is 9.42. The van der Waals surface area contributed by atoms with E-state index in [4.69, 9.17) is 5.11 Å². The summed E-state index contributed by atoms with van der Waals surface area (Å²) < 4.78 is 40.2. The lowest BCUT2D eigenvalue weighted by molar-refractivity contribution is -0.137. The molecule has 1 aliphatic carbocycles. The van der Waals surface area contributed by atoms with Crippen molar-refractivity contribution in [2.75, 3.05) is 0 Å². The van der Waals surface area contributed by atoms with E-state index < -0.39 is 36.0 Å². The van der Waals surface area contributed by atoms with Crippen LogP contribution in [0.1, 0.15) is 75.0 Å². The number of rotatable bonds is 11. The Hall–Kier alpha value is -2.16. The van der Waals surface area contributed by atoms with Crippen molar-refractivity contribution in [3.05, 3.63) is 47.5 Å². The van der Waals surface area contributed by atoms with Gasteiger partial charge in [-0.2, -0.15) is 13.2 Å². The third-order valence-electron chi connectivity index (χ3n) is 7.07. The lowest BCUT2D eigenvalue weighted by atomic mass is 9.84. The number of carbonyl (C=O) groups is 1. The summed E-state index contributed by atoms with van der Waals surface area (Å²) in [6.45, 7) is 0. The summed E-state index contributed by atoms with van der Waals surface area (Å²) >= 11 is 0. The highest BCUT2D eigenvalue weighted by Gasteiger charge is 2.41. The van der Waals surface area contributed by atoms with Crippen LogP contribution in [-0.4, -0.2) is 38.6 Å². The summed E-state index contributed by atoms with van der Waals surface area (Å²) in [4.78, 5) is 10.6. The summed E-state index contributed by atoms with van der Waals surface area (Å²) in [5.41, 5.74) is -0.343. The lowest BCUT2D eigenvalue weighted by Crippen LogP contribution is -2.23. The van der Waals surface area contributed by atoms with Crippen LogP contribution in [0, 0.1) is 11.8 Å². The molecular formula is C26H33F3O5. The molecule has 0 heterocycles. The van der Waals surface area contributed by atoms with Crippen molar-refractivity contribution >= 4 is 16.7 Å². The molecule has 34 heavy (non-hydrogen) atoms. The van der Waals surface area contributed by atoms with Crippen LogP contribution in [0.3, 0.4) is 0 Å². The van der Waals surface area contributed by atoms with Gasteiger partial charge in [0.15, 0.2) is 0 Å². The topological polar surface area (TPSA) is 98.0 Å². The fraction of sp³-hybridized carbons (Fsp3) is 0.577. The Balaban J connectivity index is 1.60. The predicted molar refractivity (Wildman–Crippen MR) is 122 cm³/mol. The van der Waals surface area contributed by atoms with E-state index in [-0.39, 0.29) is 36.5 Å². The molecule has 2 aromatic carbocycles. The molecule has 1 fully saturated rings. The molecule has 8 heteroatoms. The first kappa shape index (κ1) is 26.4. The number of hydrogen-bond acceptors (Lipinski definition) is 4. The average molecular weight is 483 g/mol. The van der Waals surface area contributed by atoms with Crippen LogP contribution in [0.2, 0.25) is 0 Å². The van der Waals surface area contributed by atoms with E-state index in [1.165, 1.54) is 12.1 Å². The second-order valence-corrected chi connectivity index (χ2v) is 9.42. The van der Waals surface area contributed by atoms with Crippen molar-refractivity contribution in [3.63, 3.8) is 0 Å². The van der Waals surface area contributed by atoms with Crippen LogP contribution in [0.25, 0.3) is 10.8 Å². The number of aliphatic hydroxyl groups is 3. The van der Waals surface area contributed by atoms with Gasteiger partial charge < -0.3 is 20.4 Å². The first-order valence-corrected chi connectivity index (χ1v) is 11.9. The maximum absolute atomic E-state index is 13.4. The highest BCUT2D eigenvalue weighted by atomic mass is 19.4. The number of fused-ring (bicyclic) bond motifs is 1. The normalized spacial score (nSPS) is 23.9. The average Bonchev–Trinajstić information content (AvgIpc) is 3.04. The van der Waals surface area contributed by atoms with Crippen molar-refractivity contribution in [2.24, 2.45) is 11.8 Å². The molecule has 3 unspecified atom stereocenters. The third kappa shape index (κ3) is 6.71. The molecule has 188 valence electrons. The molecule has 0 bridgehead atoms. The zero-order valence-electron chi connectivity index (χ0n) is 19.0. The molecule has 5 atom stereocenters. The van der Waals surface area contributed by atoms with E-state index in [1.807, 2.05) is 0 Å². The molecule has 0 radical (unpaired) electrons. The van der Waals surface area contributed by atoms with Gasteiger partial charge in [-0.25, -0.2) is 0 Å². The van der Waals surface area contributed by atoms with Crippen LogP contribution in [0.4, 0.5) is 13.2 Å². The minimum absolute atomic E-state index is 0.0450. The number of carboxylic acid groups (broad SMARTS) is 1. The quantitative estimate of drug-likeness (QED) is 0.319. The van der Waals surface area contributed by atoms with Gasteiger partial charge in [-0.1, -0.05) is 43.5 Å². The first-order valence-electron chi connectivity index (χ1n) is 11.9.